The van der Waals surface area contributed by atoms with Crippen LogP contribution in [0.3, 0.4) is 0 Å². The Labute approximate surface area is 131 Å². The standard InChI is InChI=1S/C16H24N4O2/c17-16(19-12-4-1-5-13-19)18-11-3-2-6-14-7-9-15(10-8-14)20(21)22/h7-10H,1-6,11-13H2,(H2,17,18). The highest BCUT2D eigenvalue weighted by Gasteiger charge is 2.11. The lowest BCUT2D eigenvalue weighted by molar-refractivity contribution is -0.384. The molecule has 0 unspecified atom stereocenters. The van der Waals surface area contributed by atoms with Crippen LogP contribution in [0.5, 0.6) is 0 Å². The average Bonchev–Trinajstić information content (AvgIpc) is 2.55. The maximum absolute atomic E-state index is 10.6. The number of nitro groups is 1. The van der Waals surface area contributed by atoms with E-state index in [1.54, 1.807) is 12.1 Å². The highest BCUT2D eigenvalue weighted by atomic mass is 16.6. The number of hydrogen-bond acceptors (Lipinski definition) is 3. The SMILES string of the molecule is NC(=NCCCCc1ccc([N+](=O)[O-])cc1)N1CCCCC1. The van der Waals surface area contributed by atoms with Gasteiger partial charge in [-0.3, -0.25) is 15.1 Å². The van der Waals surface area contributed by atoms with Gasteiger partial charge in [0.1, 0.15) is 0 Å². The molecule has 1 fully saturated rings. The summed E-state index contributed by atoms with van der Waals surface area (Å²) in [4.78, 5) is 16.8. The van der Waals surface area contributed by atoms with E-state index >= 15 is 0 Å². The van der Waals surface area contributed by atoms with Crippen molar-refractivity contribution < 1.29 is 4.92 Å². The van der Waals surface area contributed by atoms with Crippen molar-refractivity contribution in [2.45, 2.75) is 38.5 Å². The van der Waals surface area contributed by atoms with E-state index in [1.165, 1.54) is 19.3 Å². The second kappa shape index (κ2) is 8.36. The minimum atomic E-state index is -0.373. The monoisotopic (exact) mass is 304 g/mol. The van der Waals surface area contributed by atoms with Crippen molar-refractivity contribution in [3.63, 3.8) is 0 Å². The number of unbranched alkanes of at least 4 members (excludes halogenated alkanes) is 1. The molecule has 1 saturated heterocycles. The molecular formula is C16H24N4O2. The van der Waals surface area contributed by atoms with Crippen molar-refractivity contribution in [1.29, 1.82) is 0 Å². The number of aryl methyl sites for hydroxylation is 1. The molecule has 1 aromatic rings. The molecule has 1 aromatic carbocycles. The molecule has 0 amide bonds. The van der Waals surface area contributed by atoms with Crippen molar-refractivity contribution in [3.05, 3.63) is 39.9 Å². The van der Waals surface area contributed by atoms with Gasteiger partial charge < -0.3 is 10.6 Å². The predicted molar refractivity (Wildman–Crippen MR) is 87.9 cm³/mol. The van der Waals surface area contributed by atoms with E-state index in [0.717, 1.165) is 44.5 Å². The van der Waals surface area contributed by atoms with Crippen molar-refractivity contribution in [3.8, 4) is 0 Å². The van der Waals surface area contributed by atoms with E-state index in [1.807, 2.05) is 12.1 Å². The Hall–Kier alpha value is -2.11. The van der Waals surface area contributed by atoms with E-state index in [2.05, 4.69) is 9.89 Å². The summed E-state index contributed by atoms with van der Waals surface area (Å²) in [6, 6.07) is 6.76. The number of nitro benzene ring substituents is 1. The number of piperidine rings is 1. The number of benzene rings is 1. The van der Waals surface area contributed by atoms with Crippen LogP contribution < -0.4 is 5.73 Å². The molecule has 6 nitrogen and oxygen atoms in total. The van der Waals surface area contributed by atoms with Gasteiger partial charge >= 0.3 is 0 Å². The second-order valence-corrected chi connectivity index (χ2v) is 5.67. The van der Waals surface area contributed by atoms with Crippen LogP contribution in [-0.4, -0.2) is 35.4 Å². The molecule has 0 aliphatic carbocycles. The van der Waals surface area contributed by atoms with Crippen LogP contribution in [-0.2, 0) is 6.42 Å². The fourth-order valence-electron chi connectivity index (χ4n) is 2.64. The van der Waals surface area contributed by atoms with Gasteiger partial charge in [-0.2, -0.15) is 0 Å². The lowest BCUT2D eigenvalue weighted by Crippen LogP contribution is -2.40. The third-order valence-electron chi connectivity index (χ3n) is 3.97. The molecule has 1 aliphatic heterocycles. The third kappa shape index (κ3) is 5.02. The van der Waals surface area contributed by atoms with Gasteiger partial charge in [0.2, 0.25) is 0 Å². The first-order chi connectivity index (χ1) is 10.7. The first kappa shape index (κ1) is 16.3. The van der Waals surface area contributed by atoms with Gasteiger partial charge in [0, 0.05) is 31.8 Å². The predicted octanol–water partition coefficient (Wildman–Crippen LogP) is 2.72. The van der Waals surface area contributed by atoms with Crippen LogP contribution in [0.1, 0.15) is 37.7 Å². The van der Waals surface area contributed by atoms with Crippen molar-refractivity contribution in [2.24, 2.45) is 10.7 Å². The maximum atomic E-state index is 10.6. The molecule has 2 rings (SSSR count). The summed E-state index contributed by atoms with van der Waals surface area (Å²) in [5.41, 5.74) is 7.26. The van der Waals surface area contributed by atoms with Crippen LogP contribution in [0.25, 0.3) is 0 Å². The van der Waals surface area contributed by atoms with Gasteiger partial charge in [-0.05, 0) is 44.1 Å². The number of hydrogen-bond donors (Lipinski definition) is 1. The molecule has 2 N–H and O–H groups in total. The fourth-order valence-corrected chi connectivity index (χ4v) is 2.64. The number of nitrogens with zero attached hydrogens (tertiary/aromatic N) is 3. The van der Waals surface area contributed by atoms with Gasteiger partial charge in [-0.1, -0.05) is 12.1 Å². The third-order valence-corrected chi connectivity index (χ3v) is 3.97. The number of nitrogens with two attached hydrogens (primary N) is 1. The van der Waals surface area contributed by atoms with Gasteiger partial charge in [0.05, 0.1) is 4.92 Å². The average molecular weight is 304 g/mol. The second-order valence-electron chi connectivity index (χ2n) is 5.67. The molecule has 6 heteroatoms. The first-order valence-corrected chi connectivity index (χ1v) is 7.95. The Bertz CT molecular complexity index is 507. The van der Waals surface area contributed by atoms with E-state index in [0.29, 0.717) is 5.96 Å². The fraction of sp³-hybridized carbons (Fsp3) is 0.562. The molecule has 0 spiro atoms. The normalized spacial score (nSPS) is 15.8. The van der Waals surface area contributed by atoms with Crippen molar-refractivity contribution >= 4 is 11.6 Å². The smallest absolute Gasteiger partial charge is 0.269 e. The molecule has 0 aromatic heterocycles. The van der Waals surface area contributed by atoms with Gasteiger partial charge in [-0.25, -0.2) is 0 Å². The van der Waals surface area contributed by atoms with E-state index in [4.69, 9.17) is 5.73 Å². The van der Waals surface area contributed by atoms with Gasteiger partial charge in [-0.15, -0.1) is 0 Å². The highest BCUT2D eigenvalue weighted by Crippen LogP contribution is 2.13. The minimum Gasteiger partial charge on any atom is -0.370 e. The van der Waals surface area contributed by atoms with E-state index in [-0.39, 0.29) is 10.6 Å². The van der Waals surface area contributed by atoms with Crippen LogP contribution in [0.4, 0.5) is 5.69 Å². The Kier molecular flexibility index (Phi) is 6.18. The number of non-ortho nitro benzene ring substituents is 1. The number of aliphatic imine (C=N–C) groups is 1. The Morgan fingerprint density at radius 1 is 1.18 bits per heavy atom. The maximum Gasteiger partial charge on any atom is 0.269 e. The molecule has 0 saturated carbocycles. The summed E-state index contributed by atoms with van der Waals surface area (Å²) in [6.07, 6.45) is 6.60. The van der Waals surface area contributed by atoms with Crippen molar-refractivity contribution in [2.75, 3.05) is 19.6 Å². The summed E-state index contributed by atoms with van der Waals surface area (Å²) >= 11 is 0. The Morgan fingerprint density at radius 3 is 2.50 bits per heavy atom. The van der Waals surface area contributed by atoms with Gasteiger partial charge in [0.15, 0.2) is 5.96 Å². The van der Waals surface area contributed by atoms with E-state index < -0.39 is 0 Å². The molecule has 1 heterocycles. The quantitative estimate of drug-likeness (QED) is 0.288. The zero-order valence-corrected chi connectivity index (χ0v) is 12.9. The topological polar surface area (TPSA) is 84.8 Å². The first-order valence-electron chi connectivity index (χ1n) is 7.95. The summed E-state index contributed by atoms with van der Waals surface area (Å²) < 4.78 is 0. The van der Waals surface area contributed by atoms with E-state index in [9.17, 15) is 10.1 Å². The molecule has 1 aliphatic rings. The molecular weight excluding hydrogens is 280 g/mol. The van der Waals surface area contributed by atoms with Crippen LogP contribution in [0, 0.1) is 10.1 Å². The van der Waals surface area contributed by atoms with Crippen molar-refractivity contribution in [1.82, 2.24) is 4.90 Å². The lowest BCUT2D eigenvalue weighted by Gasteiger charge is -2.27. The minimum absolute atomic E-state index is 0.141. The Balaban J connectivity index is 1.67. The molecule has 0 radical (unpaired) electrons. The zero-order valence-electron chi connectivity index (χ0n) is 12.9. The largest absolute Gasteiger partial charge is 0.370 e. The number of likely N-dealkylation sites (tertiary alicyclic amines) is 1. The van der Waals surface area contributed by atoms with Crippen LogP contribution >= 0.6 is 0 Å². The molecule has 0 bridgehead atoms. The van der Waals surface area contributed by atoms with Gasteiger partial charge in [0.25, 0.3) is 5.69 Å². The molecule has 22 heavy (non-hydrogen) atoms. The van der Waals surface area contributed by atoms with Crippen LogP contribution in [0.2, 0.25) is 0 Å². The Morgan fingerprint density at radius 2 is 1.86 bits per heavy atom. The van der Waals surface area contributed by atoms with Crippen LogP contribution in [0.15, 0.2) is 29.3 Å². The zero-order chi connectivity index (χ0) is 15.8. The molecule has 120 valence electrons. The number of guanidine groups is 1. The highest BCUT2D eigenvalue weighted by molar-refractivity contribution is 5.78. The number of rotatable bonds is 6. The summed E-state index contributed by atoms with van der Waals surface area (Å²) in [5, 5.41) is 10.6. The lowest BCUT2D eigenvalue weighted by atomic mass is 10.1. The summed E-state index contributed by atoms with van der Waals surface area (Å²) in [7, 11) is 0. The molecule has 0 atom stereocenters. The summed E-state index contributed by atoms with van der Waals surface area (Å²) in [6.45, 7) is 2.80. The summed E-state index contributed by atoms with van der Waals surface area (Å²) in [5.74, 6) is 0.676.